The summed E-state index contributed by atoms with van der Waals surface area (Å²) in [7, 11) is 3.29. The van der Waals surface area contributed by atoms with Crippen LogP contribution in [0.4, 0.5) is 5.69 Å². The molecule has 188 valence electrons. The quantitative estimate of drug-likeness (QED) is 0.258. The van der Waals surface area contributed by atoms with Crippen molar-refractivity contribution in [2.45, 2.75) is 12.8 Å². The van der Waals surface area contributed by atoms with Crippen molar-refractivity contribution < 1.29 is 14.2 Å². The van der Waals surface area contributed by atoms with E-state index in [1.54, 1.807) is 14.2 Å². The molecule has 0 atom stereocenters. The number of rotatable bonds is 9. The number of nitrogens with one attached hydrogen (secondary N) is 1. The second kappa shape index (κ2) is 11.3. The van der Waals surface area contributed by atoms with Crippen molar-refractivity contribution in [3.8, 4) is 23.0 Å². The second-order valence-electron chi connectivity index (χ2n) is 9.00. The Bertz CT molecular complexity index is 1290. The van der Waals surface area contributed by atoms with Crippen molar-refractivity contribution in [2.24, 2.45) is 0 Å². The molecule has 1 N–H and O–H groups in total. The molecule has 4 aromatic rings. The zero-order valence-corrected chi connectivity index (χ0v) is 22.4. The molecule has 1 aliphatic heterocycles. The molecule has 0 amide bonds. The van der Waals surface area contributed by atoms with Crippen LogP contribution in [-0.4, -0.2) is 56.8 Å². The Labute approximate surface area is 220 Å². The van der Waals surface area contributed by atoms with E-state index >= 15 is 0 Å². The van der Waals surface area contributed by atoms with Gasteiger partial charge in [-0.1, -0.05) is 34.1 Å². The van der Waals surface area contributed by atoms with E-state index in [1.807, 2.05) is 30.3 Å². The summed E-state index contributed by atoms with van der Waals surface area (Å²) in [6, 6.07) is 20.3. The molecule has 0 saturated carbocycles. The van der Waals surface area contributed by atoms with Crippen LogP contribution in [0.1, 0.15) is 12.0 Å². The normalized spacial score (nSPS) is 14.2. The van der Waals surface area contributed by atoms with Crippen LogP contribution in [0.2, 0.25) is 0 Å². The molecule has 0 spiro atoms. The molecule has 7 heteroatoms. The van der Waals surface area contributed by atoms with Crippen molar-refractivity contribution in [3.63, 3.8) is 0 Å². The Kier molecular flexibility index (Phi) is 7.68. The SMILES string of the molecule is COc1cccc(OC)c1Oc1ccccc1N1CCN(CCCc2c[nH]c3ccc(Br)cc23)CC1. The highest BCUT2D eigenvalue weighted by atomic mass is 79.9. The first-order chi connectivity index (χ1) is 17.7. The summed E-state index contributed by atoms with van der Waals surface area (Å²) in [5.41, 5.74) is 3.69. The number of ether oxygens (including phenoxy) is 3. The maximum absolute atomic E-state index is 6.37. The zero-order chi connectivity index (χ0) is 24.9. The maximum Gasteiger partial charge on any atom is 0.211 e. The zero-order valence-electron chi connectivity index (χ0n) is 20.8. The van der Waals surface area contributed by atoms with Crippen LogP contribution < -0.4 is 19.1 Å². The molecule has 0 bridgehead atoms. The fourth-order valence-electron chi connectivity index (χ4n) is 4.90. The van der Waals surface area contributed by atoms with Crippen molar-refractivity contribution >= 4 is 32.5 Å². The fourth-order valence-corrected chi connectivity index (χ4v) is 5.26. The number of anilines is 1. The lowest BCUT2D eigenvalue weighted by molar-refractivity contribution is 0.254. The molecule has 0 unspecified atom stereocenters. The number of hydrogen-bond acceptors (Lipinski definition) is 5. The Morgan fingerprint density at radius 1 is 0.861 bits per heavy atom. The van der Waals surface area contributed by atoms with Gasteiger partial charge in [0.05, 0.1) is 19.9 Å². The van der Waals surface area contributed by atoms with Gasteiger partial charge in [-0.15, -0.1) is 0 Å². The van der Waals surface area contributed by atoms with E-state index in [0.29, 0.717) is 17.2 Å². The summed E-state index contributed by atoms with van der Waals surface area (Å²) in [5.74, 6) is 2.70. The van der Waals surface area contributed by atoms with E-state index in [1.165, 1.54) is 16.5 Å². The van der Waals surface area contributed by atoms with Gasteiger partial charge in [0.15, 0.2) is 17.2 Å². The third kappa shape index (κ3) is 5.32. The standard InChI is InChI=1S/C29H32BrN3O3/c1-34-27-10-5-11-28(35-2)29(27)36-26-9-4-3-8-25(26)33-17-15-32(16-18-33)14-6-7-21-20-31-24-13-12-22(30)19-23(21)24/h3-5,8-13,19-20,31H,6-7,14-18H2,1-2H3. The number of methoxy groups -OCH3 is 2. The van der Waals surface area contributed by atoms with E-state index in [2.05, 4.69) is 67.2 Å². The number of halogens is 1. The molecule has 0 aliphatic carbocycles. The number of piperazine rings is 1. The van der Waals surface area contributed by atoms with Gasteiger partial charge in [0, 0.05) is 47.8 Å². The van der Waals surface area contributed by atoms with E-state index in [-0.39, 0.29) is 0 Å². The topological polar surface area (TPSA) is 50.0 Å². The monoisotopic (exact) mass is 549 g/mol. The lowest BCUT2D eigenvalue weighted by atomic mass is 10.1. The predicted octanol–water partition coefficient (Wildman–Crippen LogP) is 6.49. The minimum atomic E-state index is 0.595. The first-order valence-corrected chi connectivity index (χ1v) is 13.2. The molecule has 1 saturated heterocycles. The first-order valence-electron chi connectivity index (χ1n) is 12.4. The Morgan fingerprint density at radius 2 is 1.58 bits per heavy atom. The summed E-state index contributed by atoms with van der Waals surface area (Å²) in [6.45, 7) is 5.09. The summed E-state index contributed by atoms with van der Waals surface area (Å²) < 4.78 is 18.5. The van der Waals surface area contributed by atoms with E-state index in [0.717, 1.165) is 61.5 Å². The van der Waals surface area contributed by atoms with E-state index in [4.69, 9.17) is 14.2 Å². The van der Waals surface area contributed by atoms with Gasteiger partial charge < -0.3 is 24.1 Å². The molecule has 1 fully saturated rings. The van der Waals surface area contributed by atoms with Gasteiger partial charge in [0.2, 0.25) is 5.75 Å². The van der Waals surface area contributed by atoms with Gasteiger partial charge in [0.25, 0.3) is 0 Å². The van der Waals surface area contributed by atoms with E-state index in [9.17, 15) is 0 Å². The summed E-state index contributed by atoms with van der Waals surface area (Å²) in [5, 5.41) is 1.32. The van der Waals surface area contributed by atoms with Crippen LogP contribution in [0.15, 0.2) is 71.3 Å². The number of H-pyrrole nitrogens is 1. The van der Waals surface area contributed by atoms with Crippen molar-refractivity contribution in [3.05, 3.63) is 76.9 Å². The number of aryl methyl sites for hydroxylation is 1. The van der Waals surface area contributed by atoms with Crippen LogP contribution >= 0.6 is 15.9 Å². The molecule has 2 heterocycles. The van der Waals surface area contributed by atoms with Gasteiger partial charge in [-0.2, -0.15) is 0 Å². The van der Waals surface area contributed by atoms with Crippen LogP contribution in [0, 0.1) is 0 Å². The number of fused-ring (bicyclic) bond motifs is 1. The van der Waals surface area contributed by atoms with E-state index < -0.39 is 0 Å². The van der Waals surface area contributed by atoms with Gasteiger partial charge in [0.1, 0.15) is 0 Å². The molecule has 3 aromatic carbocycles. The summed E-state index contributed by atoms with van der Waals surface area (Å²) in [6.07, 6.45) is 4.38. The predicted molar refractivity (Wildman–Crippen MR) is 149 cm³/mol. The molecule has 1 aliphatic rings. The van der Waals surface area contributed by atoms with Crippen LogP contribution in [0.5, 0.6) is 23.0 Å². The minimum absolute atomic E-state index is 0.595. The van der Waals surface area contributed by atoms with Gasteiger partial charge in [-0.05, 0) is 67.4 Å². The largest absolute Gasteiger partial charge is 0.493 e. The van der Waals surface area contributed by atoms with Crippen molar-refractivity contribution in [1.82, 2.24) is 9.88 Å². The lowest BCUT2D eigenvalue weighted by Crippen LogP contribution is -2.46. The fraction of sp³-hybridized carbons (Fsp3) is 0.310. The molecule has 5 rings (SSSR count). The van der Waals surface area contributed by atoms with Crippen molar-refractivity contribution in [2.75, 3.05) is 51.8 Å². The molecular weight excluding hydrogens is 518 g/mol. The van der Waals surface area contributed by atoms with Crippen molar-refractivity contribution in [1.29, 1.82) is 0 Å². The molecule has 36 heavy (non-hydrogen) atoms. The summed E-state index contributed by atoms with van der Waals surface area (Å²) >= 11 is 3.60. The first kappa shape index (κ1) is 24.5. The summed E-state index contributed by atoms with van der Waals surface area (Å²) in [4.78, 5) is 8.37. The third-order valence-electron chi connectivity index (χ3n) is 6.82. The highest BCUT2D eigenvalue weighted by molar-refractivity contribution is 9.10. The Morgan fingerprint density at radius 3 is 2.33 bits per heavy atom. The third-order valence-corrected chi connectivity index (χ3v) is 7.32. The van der Waals surface area contributed by atoms with Crippen LogP contribution in [0.3, 0.4) is 0 Å². The lowest BCUT2D eigenvalue weighted by Gasteiger charge is -2.36. The number of para-hydroxylation sites is 3. The number of nitrogens with zero attached hydrogens (tertiary/aromatic N) is 2. The highest BCUT2D eigenvalue weighted by Gasteiger charge is 2.21. The number of benzene rings is 3. The highest BCUT2D eigenvalue weighted by Crippen LogP contribution is 2.42. The number of hydrogen-bond donors (Lipinski definition) is 1. The molecule has 0 radical (unpaired) electrons. The van der Waals surface area contributed by atoms with Gasteiger partial charge in [-0.3, -0.25) is 4.90 Å². The maximum atomic E-state index is 6.37. The van der Waals surface area contributed by atoms with Crippen LogP contribution in [0.25, 0.3) is 10.9 Å². The van der Waals surface area contributed by atoms with Gasteiger partial charge >= 0.3 is 0 Å². The minimum Gasteiger partial charge on any atom is -0.493 e. The number of aromatic nitrogens is 1. The smallest absolute Gasteiger partial charge is 0.211 e. The Balaban J connectivity index is 1.19. The molecule has 6 nitrogen and oxygen atoms in total. The molecular formula is C29H32BrN3O3. The second-order valence-corrected chi connectivity index (χ2v) is 9.91. The number of aromatic amines is 1. The van der Waals surface area contributed by atoms with Gasteiger partial charge in [-0.25, -0.2) is 0 Å². The average Bonchev–Trinajstić information content (AvgIpc) is 3.31. The Hall–Kier alpha value is -3.16. The average molecular weight is 550 g/mol. The molecule has 1 aromatic heterocycles. The van der Waals surface area contributed by atoms with Crippen LogP contribution in [-0.2, 0) is 6.42 Å².